The maximum atomic E-state index is 11.8. The van der Waals surface area contributed by atoms with Crippen LogP contribution in [-0.2, 0) is 16.2 Å². The first-order chi connectivity index (χ1) is 11.6. The molecule has 24 heavy (non-hydrogen) atoms. The highest BCUT2D eigenvalue weighted by molar-refractivity contribution is 5.88. The Morgan fingerprint density at radius 2 is 1.71 bits per heavy atom. The van der Waals surface area contributed by atoms with Gasteiger partial charge in [0.1, 0.15) is 18.1 Å². The molecule has 0 heterocycles. The lowest BCUT2D eigenvalue weighted by molar-refractivity contribution is -0.763. The summed E-state index contributed by atoms with van der Waals surface area (Å²) < 4.78 is 10.2. The van der Waals surface area contributed by atoms with Crippen LogP contribution in [0, 0.1) is 10.1 Å². The van der Waals surface area contributed by atoms with E-state index >= 15 is 0 Å². The Bertz CT molecular complexity index is 722. The third-order valence-electron chi connectivity index (χ3n) is 3.01. The quantitative estimate of drug-likeness (QED) is 0.255. The zero-order valence-corrected chi connectivity index (χ0v) is 12.9. The molecule has 0 fully saturated rings. The van der Waals surface area contributed by atoms with Crippen molar-refractivity contribution >= 4 is 12.0 Å². The summed E-state index contributed by atoms with van der Waals surface area (Å²) >= 11 is 0. The van der Waals surface area contributed by atoms with Crippen molar-refractivity contribution in [3.8, 4) is 11.5 Å². The van der Waals surface area contributed by atoms with Crippen molar-refractivity contribution in [3.63, 3.8) is 0 Å². The van der Waals surface area contributed by atoms with E-state index in [0.717, 1.165) is 11.3 Å². The van der Waals surface area contributed by atoms with Gasteiger partial charge in [-0.3, -0.25) is 0 Å². The van der Waals surface area contributed by atoms with Crippen molar-refractivity contribution in [1.29, 1.82) is 0 Å². The fourth-order valence-corrected chi connectivity index (χ4v) is 1.81. The van der Waals surface area contributed by atoms with Crippen LogP contribution in [-0.4, -0.2) is 18.2 Å². The van der Waals surface area contributed by atoms with Crippen molar-refractivity contribution in [3.05, 3.63) is 75.8 Å². The van der Waals surface area contributed by atoms with Crippen LogP contribution in [0.4, 0.5) is 0 Å². The summed E-state index contributed by atoms with van der Waals surface area (Å²) in [7, 11) is 1.58. The summed E-state index contributed by atoms with van der Waals surface area (Å²) in [6.07, 6.45) is 2.94. The van der Waals surface area contributed by atoms with Gasteiger partial charge in [-0.2, -0.15) is 0 Å². The normalized spacial score (nSPS) is 10.4. The number of hydrogen-bond donors (Lipinski definition) is 0. The second-order valence-electron chi connectivity index (χ2n) is 4.67. The molecule has 0 radical (unpaired) electrons. The Morgan fingerprint density at radius 3 is 2.29 bits per heavy atom. The van der Waals surface area contributed by atoms with Crippen LogP contribution in [0.5, 0.6) is 11.5 Å². The van der Waals surface area contributed by atoms with E-state index in [2.05, 4.69) is 4.84 Å². The van der Waals surface area contributed by atoms with E-state index in [9.17, 15) is 14.9 Å². The smallest absolute Gasteiger partial charge is 0.336 e. The molecule has 0 amide bonds. The van der Waals surface area contributed by atoms with Gasteiger partial charge in [0.2, 0.25) is 0 Å². The Labute approximate surface area is 138 Å². The van der Waals surface area contributed by atoms with Gasteiger partial charge in [0.05, 0.1) is 7.11 Å². The van der Waals surface area contributed by atoms with Gasteiger partial charge in [-0.05, 0) is 41.5 Å². The Balaban J connectivity index is 1.89. The molecule has 2 aromatic rings. The number of ether oxygens (including phenoxy) is 2. The van der Waals surface area contributed by atoms with E-state index in [0.29, 0.717) is 11.3 Å². The minimum Gasteiger partial charge on any atom is -0.497 e. The van der Waals surface area contributed by atoms with Gasteiger partial charge >= 0.3 is 5.97 Å². The van der Waals surface area contributed by atoms with Gasteiger partial charge in [0.25, 0.3) is 5.09 Å². The van der Waals surface area contributed by atoms with E-state index < -0.39 is 11.1 Å². The van der Waals surface area contributed by atoms with E-state index in [1.807, 2.05) is 12.1 Å². The number of rotatable bonds is 7. The lowest BCUT2D eigenvalue weighted by Crippen LogP contribution is -2.04. The Morgan fingerprint density at radius 1 is 1.08 bits per heavy atom. The molecule has 0 aromatic heterocycles. The highest BCUT2D eigenvalue weighted by Crippen LogP contribution is 2.15. The summed E-state index contributed by atoms with van der Waals surface area (Å²) in [4.78, 5) is 26.1. The van der Waals surface area contributed by atoms with E-state index in [1.165, 1.54) is 18.2 Å². The van der Waals surface area contributed by atoms with Crippen LogP contribution in [0.2, 0.25) is 0 Å². The summed E-state index contributed by atoms with van der Waals surface area (Å²) in [5.41, 5.74) is 1.43. The number of methoxy groups -OCH3 is 1. The Kier molecular flexibility index (Phi) is 5.90. The second-order valence-corrected chi connectivity index (χ2v) is 4.67. The highest BCUT2D eigenvalue weighted by atomic mass is 16.9. The van der Waals surface area contributed by atoms with Gasteiger partial charge in [0.15, 0.2) is 0 Å². The van der Waals surface area contributed by atoms with Gasteiger partial charge in [-0.15, -0.1) is 10.1 Å². The van der Waals surface area contributed by atoms with Crippen LogP contribution < -0.4 is 9.47 Å². The largest absolute Gasteiger partial charge is 0.497 e. The van der Waals surface area contributed by atoms with Crippen molar-refractivity contribution in [2.75, 3.05) is 7.11 Å². The molecule has 0 aliphatic carbocycles. The molecule has 0 spiro atoms. The molecule has 0 unspecified atom stereocenters. The molecule has 124 valence electrons. The summed E-state index contributed by atoms with van der Waals surface area (Å²) in [6.45, 7) is -0.154. The summed E-state index contributed by atoms with van der Waals surface area (Å²) in [5.74, 6) is 0.542. The second kappa shape index (κ2) is 8.33. The van der Waals surface area contributed by atoms with Crippen LogP contribution in [0.15, 0.2) is 54.6 Å². The standard InChI is InChI=1S/C17H15NO6/c1-22-15-7-2-13(3-8-15)6-11-17(19)24-16-9-4-14(5-10-16)12-23-18(20)21/h2-11H,12H2,1H3. The van der Waals surface area contributed by atoms with Crippen LogP contribution >= 0.6 is 0 Å². The molecule has 0 saturated heterocycles. The molecule has 0 saturated carbocycles. The SMILES string of the molecule is COc1ccc(C=CC(=O)Oc2ccc(CO[N+](=O)[O-])cc2)cc1. The van der Waals surface area contributed by atoms with E-state index in [4.69, 9.17) is 9.47 Å². The van der Waals surface area contributed by atoms with Crippen LogP contribution in [0.25, 0.3) is 6.08 Å². The highest BCUT2D eigenvalue weighted by Gasteiger charge is 2.02. The van der Waals surface area contributed by atoms with Crippen molar-refractivity contribution in [1.82, 2.24) is 0 Å². The molecular weight excluding hydrogens is 314 g/mol. The average Bonchev–Trinajstić information content (AvgIpc) is 2.60. The number of esters is 1. The molecule has 2 aromatic carbocycles. The number of nitrogens with zero attached hydrogens (tertiary/aromatic N) is 1. The van der Waals surface area contributed by atoms with Gasteiger partial charge in [-0.25, -0.2) is 4.79 Å². The third-order valence-corrected chi connectivity index (χ3v) is 3.01. The van der Waals surface area contributed by atoms with Crippen molar-refractivity contribution in [2.24, 2.45) is 0 Å². The first-order valence-corrected chi connectivity index (χ1v) is 6.97. The minimum atomic E-state index is -0.863. The predicted octanol–water partition coefficient (Wildman–Crippen LogP) is 3.02. The minimum absolute atomic E-state index is 0.154. The molecule has 0 atom stereocenters. The lowest BCUT2D eigenvalue weighted by Gasteiger charge is -2.03. The van der Waals surface area contributed by atoms with Gasteiger partial charge < -0.3 is 14.3 Å². The molecule has 7 nitrogen and oxygen atoms in total. The van der Waals surface area contributed by atoms with Gasteiger partial charge in [-0.1, -0.05) is 24.3 Å². The number of hydrogen-bond acceptors (Lipinski definition) is 6. The van der Waals surface area contributed by atoms with E-state index in [1.54, 1.807) is 37.5 Å². The Hall–Kier alpha value is -3.35. The molecule has 7 heteroatoms. The topological polar surface area (TPSA) is 87.9 Å². The van der Waals surface area contributed by atoms with Crippen LogP contribution in [0.3, 0.4) is 0 Å². The first kappa shape index (κ1) is 17.0. The summed E-state index contributed by atoms with van der Waals surface area (Å²) in [5, 5.41) is 9.25. The number of benzene rings is 2. The monoisotopic (exact) mass is 329 g/mol. The average molecular weight is 329 g/mol. The maximum Gasteiger partial charge on any atom is 0.336 e. The van der Waals surface area contributed by atoms with Crippen molar-refractivity contribution in [2.45, 2.75) is 6.61 Å². The van der Waals surface area contributed by atoms with Crippen molar-refractivity contribution < 1.29 is 24.2 Å². The fourth-order valence-electron chi connectivity index (χ4n) is 1.81. The predicted molar refractivity (Wildman–Crippen MR) is 85.9 cm³/mol. The van der Waals surface area contributed by atoms with Crippen LogP contribution in [0.1, 0.15) is 11.1 Å². The number of carbonyl (C=O) groups is 1. The molecular formula is C17H15NO6. The maximum absolute atomic E-state index is 11.8. The molecule has 0 aliphatic rings. The fraction of sp³-hybridized carbons (Fsp3) is 0.118. The zero-order chi connectivity index (χ0) is 17.4. The van der Waals surface area contributed by atoms with Gasteiger partial charge in [0, 0.05) is 6.08 Å². The molecule has 0 aliphatic heterocycles. The number of carbonyl (C=O) groups excluding carboxylic acids is 1. The zero-order valence-electron chi connectivity index (χ0n) is 12.9. The first-order valence-electron chi connectivity index (χ1n) is 6.97. The lowest BCUT2D eigenvalue weighted by atomic mass is 10.2. The summed E-state index contributed by atoms with van der Waals surface area (Å²) in [6, 6.07) is 13.4. The molecule has 2 rings (SSSR count). The van der Waals surface area contributed by atoms with E-state index in [-0.39, 0.29) is 6.61 Å². The molecule has 0 N–H and O–H groups in total. The third kappa shape index (κ3) is 5.45. The molecule has 0 bridgehead atoms.